The second-order valence-electron chi connectivity index (χ2n) is 4.70. The summed E-state index contributed by atoms with van der Waals surface area (Å²) in [5, 5.41) is 0. The third-order valence-corrected chi connectivity index (χ3v) is 4.70. The Morgan fingerprint density at radius 2 is 2.14 bits per heavy atom. The third-order valence-electron chi connectivity index (χ3n) is 2.87. The first-order valence-corrected chi connectivity index (χ1v) is 8.22. The van der Waals surface area contributed by atoms with Gasteiger partial charge in [-0.15, -0.1) is 0 Å². The maximum Gasteiger partial charge on any atom is 0.240 e. The van der Waals surface area contributed by atoms with Gasteiger partial charge in [0.1, 0.15) is 10.7 Å². The molecule has 1 aromatic heterocycles. The summed E-state index contributed by atoms with van der Waals surface area (Å²) in [5.41, 5.74) is 6.04. The number of benzene rings is 1. The van der Waals surface area contributed by atoms with E-state index in [9.17, 15) is 8.42 Å². The summed E-state index contributed by atoms with van der Waals surface area (Å²) in [5.74, 6) is 0.724. The van der Waals surface area contributed by atoms with Crippen LogP contribution in [0.1, 0.15) is 18.2 Å². The molecule has 1 heterocycles. The fourth-order valence-electron chi connectivity index (χ4n) is 1.92. The average molecular weight is 324 g/mol. The van der Waals surface area contributed by atoms with Gasteiger partial charge in [-0.2, -0.15) is 0 Å². The predicted octanol–water partition coefficient (Wildman–Crippen LogP) is 1.82. The molecule has 0 bridgehead atoms. The Morgan fingerprint density at radius 1 is 1.38 bits per heavy atom. The van der Waals surface area contributed by atoms with Crippen molar-refractivity contribution in [3.05, 3.63) is 54.0 Å². The Hall–Kier alpha value is -1.70. The van der Waals surface area contributed by atoms with E-state index in [0.717, 1.165) is 5.76 Å². The topological polar surface area (TPSA) is 85.3 Å². The molecule has 7 heteroatoms. The molecular weight excluding hydrogens is 308 g/mol. The minimum Gasteiger partial charge on any atom is -0.469 e. The first-order valence-electron chi connectivity index (χ1n) is 6.33. The Balaban J connectivity index is 2.14. The lowest BCUT2D eigenvalue weighted by Gasteiger charge is -2.13. The van der Waals surface area contributed by atoms with Gasteiger partial charge in [0.25, 0.3) is 0 Å². The molecule has 5 nitrogen and oxygen atoms in total. The molecule has 0 aliphatic carbocycles. The van der Waals surface area contributed by atoms with Gasteiger partial charge in [0, 0.05) is 18.0 Å². The van der Waals surface area contributed by atoms with Gasteiger partial charge in [-0.1, -0.05) is 24.4 Å². The summed E-state index contributed by atoms with van der Waals surface area (Å²) in [6.07, 6.45) is 2.03. The molecule has 1 atom stereocenters. The highest BCUT2D eigenvalue weighted by molar-refractivity contribution is 7.89. The Kier molecular flexibility index (Phi) is 4.76. The summed E-state index contributed by atoms with van der Waals surface area (Å²) in [4.78, 5) is 0.301. The van der Waals surface area contributed by atoms with Crippen LogP contribution in [0.4, 0.5) is 0 Å². The molecule has 0 fully saturated rings. The lowest BCUT2D eigenvalue weighted by Crippen LogP contribution is -2.34. The maximum atomic E-state index is 12.3. The van der Waals surface area contributed by atoms with Crippen molar-refractivity contribution in [1.29, 1.82) is 0 Å². The first kappa shape index (κ1) is 15.7. The molecule has 0 amide bonds. The van der Waals surface area contributed by atoms with Gasteiger partial charge in [0.15, 0.2) is 0 Å². The van der Waals surface area contributed by atoms with Crippen LogP contribution in [-0.4, -0.2) is 19.4 Å². The van der Waals surface area contributed by atoms with Crippen molar-refractivity contribution in [2.45, 2.75) is 24.3 Å². The summed E-state index contributed by atoms with van der Waals surface area (Å²) < 4.78 is 32.5. The fraction of sp³-hybridized carbons (Fsp3) is 0.214. The van der Waals surface area contributed by atoms with Crippen LogP contribution in [0, 0.1) is 0 Å². The number of thiocarbonyl (C=S) groups is 1. The van der Waals surface area contributed by atoms with Gasteiger partial charge >= 0.3 is 0 Å². The molecule has 1 aromatic carbocycles. The molecule has 0 radical (unpaired) electrons. The molecule has 0 aliphatic rings. The standard InChI is InChI=1S/C14H16N2O3S2/c1-10(8-12-5-3-7-19-12)16-21(17,18)13-6-2-4-11(9-13)14(15)20/h2-7,9-10,16H,8H2,1H3,(H2,15,20). The summed E-state index contributed by atoms with van der Waals surface area (Å²) in [6.45, 7) is 1.78. The molecular formula is C14H16N2O3S2. The van der Waals surface area contributed by atoms with Crippen molar-refractivity contribution in [2.75, 3.05) is 0 Å². The number of sulfonamides is 1. The minimum absolute atomic E-state index is 0.138. The SMILES string of the molecule is CC(Cc1ccco1)NS(=O)(=O)c1cccc(C(N)=S)c1. The van der Waals surface area contributed by atoms with Crippen molar-refractivity contribution < 1.29 is 12.8 Å². The van der Waals surface area contributed by atoms with Crippen molar-refractivity contribution in [2.24, 2.45) is 5.73 Å². The Bertz CT molecular complexity index is 724. The van der Waals surface area contributed by atoms with Crippen molar-refractivity contribution in [1.82, 2.24) is 4.72 Å². The number of hydrogen-bond acceptors (Lipinski definition) is 4. The Morgan fingerprint density at radius 3 is 2.76 bits per heavy atom. The van der Waals surface area contributed by atoms with E-state index in [2.05, 4.69) is 4.72 Å². The van der Waals surface area contributed by atoms with Crippen LogP contribution in [-0.2, 0) is 16.4 Å². The normalized spacial score (nSPS) is 13.0. The molecule has 0 spiro atoms. The number of furan rings is 1. The van der Waals surface area contributed by atoms with E-state index in [1.807, 2.05) is 0 Å². The van der Waals surface area contributed by atoms with Gasteiger partial charge in [-0.3, -0.25) is 0 Å². The van der Waals surface area contributed by atoms with Gasteiger partial charge in [0.05, 0.1) is 11.2 Å². The van der Waals surface area contributed by atoms with E-state index in [0.29, 0.717) is 12.0 Å². The average Bonchev–Trinajstić information content (AvgIpc) is 2.91. The van der Waals surface area contributed by atoms with Crippen LogP contribution in [0.25, 0.3) is 0 Å². The summed E-state index contributed by atoms with van der Waals surface area (Å²) >= 11 is 4.86. The van der Waals surface area contributed by atoms with Gasteiger partial charge < -0.3 is 10.2 Å². The van der Waals surface area contributed by atoms with E-state index in [1.54, 1.807) is 37.5 Å². The van der Waals surface area contributed by atoms with E-state index < -0.39 is 10.0 Å². The summed E-state index contributed by atoms with van der Waals surface area (Å²) in [6, 6.07) is 9.53. The van der Waals surface area contributed by atoms with Crippen LogP contribution in [0.15, 0.2) is 52.0 Å². The maximum absolute atomic E-state index is 12.3. The predicted molar refractivity (Wildman–Crippen MR) is 84.5 cm³/mol. The highest BCUT2D eigenvalue weighted by Crippen LogP contribution is 2.13. The van der Waals surface area contributed by atoms with Crippen LogP contribution < -0.4 is 10.5 Å². The zero-order valence-corrected chi connectivity index (χ0v) is 13.1. The van der Waals surface area contributed by atoms with Crippen LogP contribution in [0.3, 0.4) is 0 Å². The molecule has 112 valence electrons. The summed E-state index contributed by atoms with van der Waals surface area (Å²) in [7, 11) is -3.63. The van der Waals surface area contributed by atoms with Crippen LogP contribution >= 0.6 is 12.2 Å². The van der Waals surface area contributed by atoms with Gasteiger partial charge in [-0.05, 0) is 31.2 Å². The number of nitrogens with two attached hydrogens (primary N) is 1. The zero-order chi connectivity index (χ0) is 15.5. The highest BCUT2D eigenvalue weighted by atomic mass is 32.2. The van der Waals surface area contributed by atoms with E-state index >= 15 is 0 Å². The van der Waals surface area contributed by atoms with Crippen molar-refractivity contribution >= 4 is 27.2 Å². The lowest BCUT2D eigenvalue weighted by molar-refractivity contribution is 0.479. The van der Waals surface area contributed by atoms with E-state index in [1.165, 1.54) is 12.1 Å². The largest absolute Gasteiger partial charge is 0.469 e. The molecule has 2 rings (SSSR count). The molecule has 0 saturated heterocycles. The number of nitrogens with one attached hydrogen (secondary N) is 1. The van der Waals surface area contributed by atoms with E-state index in [4.69, 9.17) is 22.4 Å². The smallest absolute Gasteiger partial charge is 0.240 e. The zero-order valence-electron chi connectivity index (χ0n) is 11.4. The van der Waals surface area contributed by atoms with Crippen molar-refractivity contribution in [3.63, 3.8) is 0 Å². The number of hydrogen-bond donors (Lipinski definition) is 2. The fourth-order valence-corrected chi connectivity index (χ4v) is 3.34. The first-order chi connectivity index (χ1) is 9.88. The lowest BCUT2D eigenvalue weighted by atomic mass is 10.2. The third kappa shape index (κ3) is 4.13. The Labute approximate surface area is 129 Å². The van der Waals surface area contributed by atoms with E-state index in [-0.39, 0.29) is 15.9 Å². The quantitative estimate of drug-likeness (QED) is 0.792. The molecule has 3 N–H and O–H groups in total. The molecule has 0 saturated carbocycles. The molecule has 1 unspecified atom stereocenters. The van der Waals surface area contributed by atoms with Crippen LogP contribution in [0.5, 0.6) is 0 Å². The van der Waals surface area contributed by atoms with Gasteiger partial charge in [-0.25, -0.2) is 13.1 Å². The van der Waals surface area contributed by atoms with Crippen molar-refractivity contribution in [3.8, 4) is 0 Å². The number of rotatable bonds is 6. The molecule has 21 heavy (non-hydrogen) atoms. The molecule has 2 aromatic rings. The molecule has 0 aliphatic heterocycles. The minimum atomic E-state index is -3.63. The van der Waals surface area contributed by atoms with Crippen LogP contribution in [0.2, 0.25) is 0 Å². The van der Waals surface area contributed by atoms with Gasteiger partial charge in [0.2, 0.25) is 10.0 Å². The highest BCUT2D eigenvalue weighted by Gasteiger charge is 2.18. The second kappa shape index (κ2) is 6.38. The monoisotopic (exact) mass is 324 g/mol. The second-order valence-corrected chi connectivity index (χ2v) is 6.85.